The summed E-state index contributed by atoms with van der Waals surface area (Å²) in [7, 11) is 2.09. The molecule has 1 aromatic carbocycles. The Morgan fingerprint density at radius 1 is 1.29 bits per heavy atom. The number of rotatable bonds is 3. The number of anilines is 1. The van der Waals surface area contributed by atoms with Crippen LogP contribution < -0.4 is 4.90 Å². The molecule has 3 nitrogen and oxygen atoms in total. The molecule has 0 aromatic heterocycles. The molecule has 1 aliphatic rings. The van der Waals surface area contributed by atoms with Gasteiger partial charge in [0.05, 0.1) is 0 Å². The minimum Gasteiger partial charge on any atom is -0.396 e. The van der Waals surface area contributed by atoms with Gasteiger partial charge in [0.15, 0.2) is 0 Å². The van der Waals surface area contributed by atoms with Crippen LogP contribution in [0.25, 0.3) is 0 Å². The smallest absolute Gasteiger partial charge is 0.123 e. The fraction of sp³-hybridized carbons (Fsp3) is 0.538. The van der Waals surface area contributed by atoms with Crippen molar-refractivity contribution in [2.45, 2.75) is 12.5 Å². The molecule has 4 heteroatoms. The van der Waals surface area contributed by atoms with Crippen molar-refractivity contribution in [2.24, 2.45) is 0 Å². The summed E-state index contributed by atoms with van der Waals surface area (Å²) in [6, 6.07) is 7.00. The SMILES string of the molecule is CN1CCN(c2ccc(F)cc2)CC1CCO. The fourth-order valence-corrected chi connectivity index (χ4v) is 2.29. The number of hydrogen-bond acceptors (Lipinski definition) is 3. The maximum absolute atomic E-state index is 12.9. The molecule has 1 unspecified atom stereocenters. The number of likely N-dealkylation sites (N-methyl/N-ethyl adjacent to an activating group) is 1. The number of halogens is 1. The van der Waals surface area contributed by atoms with Gasteiger partial charge in [0, 0.05) is 38.0 Å². The van der Waals surface area contributed by atoms with Crippen molar-refractivity contribution in [3.8, 4) is 0 Å². The molecular formula is C13H19FN2O. The van der Waals surface area contributed by atoms with Gasteiger partial charge in [-0.25, -0.2) is 4.39 Å². The zero-order valence-corrected chi connectivity index (χ0v) is 10.1. The number of benzene rings is 1. The van der Waals surface area contributed by atoms with Crippen LogP contribution in [0.4, 0.5) is 10.1 Å². The first-order chi connectivity index (χ1) is 8.20. The van der Waals surface area contributed by atoms with E-state index in [9.17, 15) is 4.39 Å². The average molecular weight is 238 g/mol. The lowest BCUT2D eigenvalue weighted by molar-refractivity contribution is 0.171. The highest BCUT2D eigenvalue weighted by molar-refractivity contribution is 5.46. The summed E-state index contributed by atoms with van der Waals surface area (Å²) < 4.78 is 12.9. The number of aliphatic hydroxyl groups is 1. The van der Waals surface area contributed by atoms with Gasteiger partial charge in [-0.05, 0) is 37.7 Å². The van der Waals surface area contributed by atoms with Gasteiger partial charge in [-0.1, -0.05) is 0 Å². The largest absolute Gasteiger partial charge is 0.396 e. The molecular weight excluding hydrogens is 219 g/mol. The first kappa shape index (κ1) is 12.3. The van der Waals surface area contributed by atoms with Crippen molar-refractivity contribution in [1.29, 1.82) is 0 Å². The van der Waals surface area contributed by atoms with Crippen molar-refractivity contribution in [2.75, 3.05) is 38.2 Å². The third-order valence-electron chi connectivity index (χ3n) is 3.43. The predicted molar refractivity (Wildman–Crippen MR) is 66.7 cm³/mol. The van der Waals surface area contributed by atoms with Crippen molar-refractivity contribution >= 4 is 5.69 Å². The molecule has 1 N–H and O–H groups in total. The maximum Gasteiger partial charge on any atom is 0.123 e. The van der Waals surface area contributed by atoms with E-state index in [2.05, 4.69) is 16.8 Å². The molecule has 1 saturated heterocycles. The van der Waals surface area contributed by atoms with Crippen LogP contribution in [0.1, 0.15) is 6.42 Å². The van der Waals surface area contributed by atoms with E-state index in [1.807, 2.05) is 12.1 Å². The highest BCUT2D eigenvalue weighted by Gasteiger charge is 2.23. The van der Waals surface area contributed by atoms with Gasteiger partial charge < -0.3 is 10.0 Å². The molecule has 0 spiro atoms. The quantitative estimate of drug-likeness (QED) is 0.860. The third-order valence-corrected chi connectivity index (χ3v) is 3.43. The van der Waals surface area contributed by atoms with E-state index in [1.54, 1.807) is 0 Å². The molecule has 1 heterocycles. The maximum atomic E-state index is 12.9. The van der Waals surface area contributed by atoms with E-state index >= 15 is 0 Å². The van der Waals surface area contributed by atoms with Crippen LogP contribution in [0, 0.1) is 5.82 Å². The minimum atomic E-state index is -0.199. The van der Waals surface area contributed by atoms with E-state index in [4.69, 9.17) is 5.11 Å². The van der Waals surface area contributed by atoms with E-state index in [0.717, 1.165) is 31.7 Å². The molecule has 0 radical (unpaired) electrons. The summed E-state index contributed by atoms with van der Waals surface area (Å²) >= 11 is 0. The molecule has 2 rings (SSSR count). The Morgan fingerprint density at radius 3 is 2.65 bits per heavy atom. The summed E-state index contributed by atoms with van der Waals surface area (Å²) in [5.74, 6) is -0.199. The van der Waals surface area contributed by atoms with Crippen molar-refractivity contribution < 1.29 is 9.50 Å². The molecule has 1 atom stereocenters. The molecule has 1 fully saturated rings. The first-order valence-electron chi connectivity index (χ1n) is 6.02. The van der Waals surface area contributed by atoms with Crippen LogP contribution in [0.3, 0.4) is 0 Å². The van der Waals surface area contributed by atoms with Crippen LogP contribution in [0.5, 0.6) is 0 Å². The van der Waals surface area contributed by atoms with Crippen molar-refractivity contribution in [1.82, 2.24) is 4.90 Å². The van der Waals surface area contributed by atoms with Gasteiger partial charge in [-0.2, -0.15) is 0 Å². The second-order valence-electron chi connectivity index (χ2n) is 4.57. The van der Waals surface area contributed by atoms with Gasteiger partial charge in [0.25, 0.3) is 0 Å². The Morgan fingerprint density at radius 2 is 2.00 bits per heavy atom. The molecule has 0 saturated carbocycles. The van der Waals surface area contributed by atoms with E-state index in [-0.39, 0.29) is 12.4 Å². The van der Waals surface area contributed by atoms with Crippen LogP contribution in [0.15, 0.2) is 24.3 Å². The minimum absolute atomic E-state index is 0.199. The number of piperazine rings is 1. The van der Waals surface area contributed by atoms with E-state index in [1.165, 1.54) is 12.1 Å². The topological polar surface area (TPSA) is 26.7 Å². The van der Waals surface area contributed by atoms with Crippen LogP contribution in [0.2, 0.25) is 0 Å². The van der Waals surface area contributed by atoms with Gasteiger partial charge >= 0.3 is 0 Å². The third kappa shape index (κ3) is 2.96. The number of aliphatic hydroxyl groups excluding tert-OH is 1. The molecule has 0 aliphatic carbocycles. The van der Waals surface area contributed by atoms with Gasteiger partial charge in [-0.15, -0.1) is 0 Å². The Bertz CT molecular complexity index is 355. The fourth-order valence-electron chi connectivity index (χ4n) is 2.29. The number of nitrogens with zero attached hydrogens (tertiary/aromatic N) is 2. The molecule has 94 valence electrons. The summed E-state index contributed by atoms with van der Waals surface area (Å²) in [5.41, 5.74) is 1.06. The monoisotopic (exact) mass is 238 g/mol. The lowest BCUT2D eigenvalue weighted by atomic mass is 10.1. The lowest BCUT2D eigenvalue weighted by Crippen LogP contribution is -2.51. The summed E-state index contributed by atoms with van der Waals surface area (Å²) in [6.07, 6.45) is 0.786. The molecule has 17 heavy (non-hydrogen) atoms. The normalized spacial score (nSPS) is 21.8. The van der Waals surface area contributed by atoms with E-state index in [0.29, 0.717) is 6.04 Å². The second kappa shape index (κ2) is 5.47. The van der Waals surface area contributed by atoms with Gasteiger partial charge in [-0.3, -0.25) is 4.90 Å². The van der Waals surface area contributed by atoms with Gasteiger partial charge in [0.1, 0.15) is 5.82 Å². The highest BCUT2D eigenvalue weighted by atomic mass is 19.1. The lowest BCUT2D eigenvalue weighted by Gasteiger charge is -2.40. The molecule has 0 bridgehead atoms. The van der Waals surface area contributed by atoms with E-state index < -0.39 is 0 Å². The molecule has 1 aromatic rings. The van der Waals surface area contributed by atoms with Crippen LogP contribution in [-0.4, -0.2) is 49.3 Å². The van der Waals surface area contributed by atoms with Crippen LogP contribution >= 0.6 is 0 Å². The Balaban J connectivity index is 2.04. The Hall–Kier alpha value is -1.13. The van der Waals surface area contributed by atoms with Crippen molar-refractivity contribution in [3.63, 3.8) is 0 Å². The summed E-state index contributed by atoms with van der Waals surface area (Å²) in [5, 5.41) is 9.03. The molecule has 1 aliphatic heterocycles. The summed E-state index contributed by atoms with van der Waals surface area (Å²) in [6.45, 7) is 3.03. The van der Waals surface area contributed by atoms with Gasteiger partial charge in [0.2, 0.25) is 0 Å². The molecule has 0 amide bonds. The van der Waals surface area contributed by atoms with Crippen LogP contribution in [-0.2, 0) is 0 Å². The Kier molecular flexibility index (Phi) is 3.97. The second-order valence-corrected chi connectivity index (χ2v) is 4.57. The summed E-state index contributed by atoms with van der Waals surface area (Å²) in [4.78, 5) is 4.52. The first-order valence-corrected chi connectivity index (χ1v) is 6.02. The van der Waals surface area contributed by atoms with Crippen molar-refractivity contribution in [3.05, 3.63) is 30.1 Å². The predicted octanol–water partition coefficient (Wildman–Crippen LogP) is 1.33. The Labute approximate surface area is 101 Å². The highest BCUT2D eigenvalue weighted by Crippen LogP contribution is 2.19. The standard InChI is InChI=1S/C13H19FN2O/c1-15-7-8-16(10-13(15)6-9-17)12-4-2-11(14)3-5-12/h2-5,13,17H,6-10H2,1H3. The average Bonchev–Trinajstić information content (AvgIpc) is 2.33. The zero-order chi connectivity index (χ0) is 12.3. The number of hydrogen-bond donors (Lipinski definition) is 1. The zero-order valence-electron chi connectivity index (χ0n) is 10.1.